The molecule has 0 bridgehead atoms. The zero-order valence-corrected chi connectivity index (χ0v) is 20.4. The molecule has 1 aromatic heterocycles. The molecule has 1 aliphatic rings. The Balaban J connectivity index is 0.00000320. The summed E-state index contributed by atoms with van der Waals surface area (Å²) in [5, 5.41) is 6.64. The molecule has 2 aromatic rings. The lowest BCUT2D eigenvalue weighted by Gasteiger charge is -2.25. The smallest absolute Gasteiger partial charge is 0.191 e. The third-order valence-corrected chi connectivity index (χ3v) is 5.16. The van der Waals surface area contributed by atoms with Gasteiger partial charge in [0.15, 0.2) is 17.5 Å². The molecule has 0 aliphatic heterocycles. The van der Waals surface area contributed by atoms with E-state index in [2.05, 4.69) is 20.5 Å². The summed E-state index contributed by atoms with van der Waals surface area (Å²) in [6.07, 6.45) is 4.04. The third kappa shape index (κ3) is 6.87. The van der Waals surface area contributed by atoms with Gasteiger partial charge in [0.25, 0.3) is 0 Å². The minimum Gasteiger partial charge on any atom is -0.490 e. The van der Waals surface area contributed by atoms with Crippen LogP contribution in [-0.4, -0.2) is 45.2 Å². The van der Waals surface area contributed by atoms with E-state index in [-0.39, 0.29) is 41.9 Å². The molecule has 2 unspecified atom stereocenters. The van der Waals surface area contributed by atoms with Gasteiger partial charge >= 0.3 is 0 Å². The first-order valence-corrected chi connectivity index (χ1v) is 10.1. The molecule has 0 radical (unpaired) electrons. The molecule has 1 aliphatic carbocycles. The number of guanidine groups is 1. The largest absolute Gasteiger partial charge is 0.490 e. The third-order valence-electron chi connectivity index (χ3n) is 5.16. The van der Waals surface area contributed by atoms with Crippen molar-refractivity contribution in [1.29, 1.82) is 0 Å². The fourth-order valence-electron chi connectivity index (χ4n) is 3.09. The van der Waals surface area contributed by atoms with E-state index < -0.39 is 0 Å². The quantitative estimate of drug-likeness (QED) is 0.287. The van der Waals surface area contributed by atoms with E-state index in [4.69, 9.17) is 9.15 Å². The van der Waals surface area contributed by atoms with Crippen LogP contribution in [0.5, 0.6) is 5.75 Å². The van der Waals surface area contributed by atoms with Gasteiger partial charge in [-0.25, -0.2) is 4.39 Å². The monoisotopic (exact) mass is 530 g/mol. The predicted octanol–water partition coefficient (Wildman–Crippen LogP) is 4.35. The SMILES string of the molecule is CN=C(NCC(c1ccco1)N(C)C)NC(C)c1ccc(OCC2CC2)c(F)c1.I. The first-order valence-electron chi connectivity index (χ1n) is 10.1. The van der Waals surface area contributed by atoms with Gasteiger partial charge in [0.1, 0.15) is 5.76 Å². The van der Waals surface area contributed by atoms with Crippen LogP contribution >= 0.6 is 24.0 Å². The number of likely N-dealkylation sites (N-methyl/N-ethyl adjacent to an activating group) is 1. The minimum absolute atomic E-state index is 0. The molecular formula is C22H32FIN4O2. The molecule has 3 rings (SSSR count). The van der Waals surface area contributed by atoms with Gasteiger partial charge < -0.3 is 19.8 Å². The van der Waals surface area contributed by atoms with Crippen LogP contribution in [-0.2, 0) is 0 Å². The van der Waals surface area contributed by atoms with Gasteiger partial charge in [-0.1, -0.05) is 6.07 Å². The van der Waals surface area contributed by atoms with E-state index >= 15 is 0 Å². The molecule has 2 N–H and O–H groups in total. The molecule has 6 nitrogen and oxygen atoms in total. The highest BCUT2D eigenvalue weighted by Crippen LogP contribution is 2.30. The first-order chi connectivity index (χ1) is 14.0. The molecule has 2 atom stereocenters. The van der Waals surface area contributed by atoms with Gasteiger partial charge in [-0.2, -0.15) is 0 Å². The van der Waals surface area contributed by atoms with E-state index in [0.29, 0.717) is 30.8 Å². The van der Waals surface area contributed by atoms with E-state index in [1.807, 2.05) is 39.2 Å². The van der Waals surface area contributed by atoms with Crippen LogP contribution < -0.4 is 15.4 Å². The molecule has 1 fully saturated rings. The Morgan fingerprint density at radius 1 is 1.33 bits per heavy atom. The van der Waals surface area contributed by atoms with Gasteiger partial charge in [-0.05, 0) is 69.6 Å². The number of nitrogens with one attached hydrogen (secondary N) is 2. The number of ether oxygens (including phenoxy) is 1. The lowest BCUT2D eigenvalue weighted by atomic mass is 10.1. The molecule has 0 saturated heterocycles. The number of aliphatic imine (C=N–C) groups is 1. The van der Waals surface area contributed by atoms with Crippen LogP contribution in [0, 0.1) is 11.7 Å². The number of hydrogen-bond donors (Lipinski definition) is 2. The Hall–Kier alpha value is -1.81. The Morgan fingerprint density at radius 3 is 2.67 bits per heavy atom. The number of benzene rings is 1. The minimum atomic E-state index is -0.328. The second-order valence-corrected chi connectivity index (χ2v) is 7.76. The summed E-state index contributed by atoms with van der Waals surface area (Å²) in [4.78, 5) is 6.37. The number of halogens is 2. The number of nitrogens with zero attached hydrogens (tertiary/aromatic N) is 2. The van der Waals surface area contributed by atoms with Crippen LogP contribution in [0.2, 0.25) is 0 Å². The first kappa shape index (κ1) is 24.5. The van der Waals surface area contributed by atoms with Crippen LogP contribution in [0.15, 0.2) is 46.0 Å². The highest BCUT2D eigenvalue weighted by Gasteiger charge is 2.23. The standard InChI is InChI=1S/C22H31FN4O2.HI/c1-15(17-9-10-20(18(23)12-17)29-14-16-7-8-16)26-22(24-2)25-13-19(27(3)4)21-6-5-11-28-21;/h5-6,9-12,15-16,19H,7-8,13-14H2,1-4H3,(H2,24,25,26);1H. The summed E-state index contributed by atoms with van der Waals surface area (Å²) < 4.78 is 25.5. The Morgan fingerprint density at radius 2 is 2.10 bits per heavy atom. The fourth-order valence-corrected chi connectivity index (χ4v) is 3.09. The maximum Gasteiger partial charge on any atom is 0.191 e. The molecule has 1 saturated carbocycles. The van der Waals surface area contributed by atoms with Gasteiger partial charge in [-0.15, -0.1) is 24.0 Å². The van der Waals surface area contributed by atoms with Crippen molar-refractivity contribution in [2.75, 3.05) is 34.3 Å². The van der Waals surface area contributed by atoms with E-state index in [9.17, 15) is 4.39 Å². The van der Waals surface area contributed by atoms with E-state index in [1.54, 1.807) is 19.4 Å². The second kappa shape index (κ2) is 11.5. The molecule has 1 aromatic carbocycles. The van der Waals surface area contributed by atoms with Crippen molar-refractivity contribution >= 4 is 29.9 Å². The lowest BCUT2D eigenvalue weighted by Crippen LogP contribution is -2.42. The van der Waals surface area contributed by atoms with Crippen molar-refractivity contribution < 1.29 is 13.5 Å². The van der Waals surface area contributed by atoms with Gasteiger partial charge in [0.2, 0.25) is 0 Å². The molecule has 166 valence electrons. The molecule has 30 heavy (non-hydrogen) atoms. The van der Waals surface area contributed by atoms with Crippen molar-refractivity contribution in [1.82, 2.24) is 15.5 Å². The van der Waals surface area contributed by atoms with E-state index in [1.165, 1.54) is 18.9 Å². The van der Waals surface area contributed by atoms with Gasteiger partial charge in [0.05, 0.1) is 25.0 Å². The Bertz CT molecular complexity index is 809. The molecule has 1 heterocycles. The van der Waals surface area contributed by atoms with Crippen LogP contribution in [0.3, 0.4) is 0 Å². The summed E-state index contributed by atoms with van der Waals surface area (Å²) in [5.74, 6) is 2.12. The Labute approximate surface area is 195 Å². The number of rotatable bonds is 9. The van der Waals surface area contributed by atoms with E-state index in [0.717, 1.165) is 11.3 Å². The lowest BCUT2D eigenvalue weighted by molar-refractivity contribution is 0.258. The number of furan rings is 1. The summed E-state index contributed by atoms with van der Waals surface area (Å²) in [5.41, 5.74) is 0.833. The highest BCUT2D eigenvalue weighted by molar-refractivity contribution is 14.0. The zero-order valence-electron chi connectivity index (χ0n) is 18.0. The van der Waals surface area contributed by atoms with Gasteiger partial charge in [0, 0.05) is 13.6 Å². The molecule has 8 heteroatoms. The van der Waals surface area contributed by atoms with Crippen molar-refractivity contribution in [2.45, 2.75) is 31.8 Å². The van der Waals surface area contributed by atoms with Crippen LogP contribution in [0.1, 0.15) is 43.2 Å². The Kier molecular flexibility index (Phi) is 9.41. The predicted molar refractivity (Wildman–Crippen MR) is 128 cm³/mol. The fraction of sp³-hybridized carbons (Fsp3) is 0.500. The molecule has 0 spiro atoms. The highest BCUT2D eigenvalue weighted by atomic mass is 127. The van der Waals surface area contributed by atoms with Crippen molar-refractivity contribution in [3.63, 3.8) is 0 Å². The summed E-state index contributed by atoms with van der Waals surface area (Å²) in [6, 6.07) is 8.92. The van der Waals surface area contributed by atoms with Crippen LogP contribution in [0.25, 0.3) is 0 Å². The van der Waals surface area contributed by atoms with Crippen molar-refractivity contribution in [3.8, 4) is 5.75 Å². The van der Waals surface area contributed by atoms with Crippen LogP contribution in [0.4, 0.5) is 4.39 Å². The van der Waals surface area contributed by atoms with Crippen molar-refractivity contribution in [3.05, 3.63) is 53.7 Å². The molecular weight excluding hydrogens is 498 g/mol. The normalized spacial score (nSPS) is 16.0. The average Bonchev–Trinajstić information content (AvgIpc) is 3.38. The maximum absolute atomic E-state index is 14.4. The second-order valence-electron chi connectivity index (χ2n) is 7.76. The molecule has 0 amide bonds. The average molecular weight is 530 g/mol. The van der Waals surface area contributed by atoms with Gasteiger partial charge in [-0.3, -0.25) is 9.89 Å². The zero-order chi connectivity index (χ0) is 20.8. The topological polar surface area (TPSA) is 62.0 Å². The van der Waals surface area contributed by atoms with Crippen molar-refractivity contribution in [2.24, 2.45) is 10.9 Å². The maximum atomic E-state index is 14.4. The summed E-state index contributed by atoms with van der Waals surface area (Å²) in [7, 11) is 5.72. The summed E-state index contributed by atoms with van der Waals surface area (Å²) >= 11 is 0. The summed E-state index contributed by atoms with van der Waals surface area (Å²) in [6.45, 7) is 3.20. The number of hydrogen-bond acceptors (Lipinski definition) is 4.